The Morgan fingerprint density at radius 2 is 1.24 bits per heavy atom. The molecule has 0 saturated carbocycles. The molecule has 1 fully saturated rings. The van der Waals surface area contributed by atoms with E-state index in [4.69, 9.17) is 9.31 Å². The number of aryl methyl sites for hydroxylation is 2. The number of hydrogen-bond acceptors (Lipinski definition) is 2. The molecule has 0 bridgehead atoms. The van der Waals surface area contributed by atoms with Gasteiger partial charge in [0.25, 0.3) is 0 Å². The summed E-state index contributed by atoms with van der Waals surface area (Å²) >= 11 is 0. The Balaban J connectivity index is 2.31. The highest BCUT2D eigenvalue weighted by Crippen LogP contribution is 2.36. The van der Waals surface area contributed by atoms with E-state index in [1.54, 1.807) is 0 Å². The van der Waals surface area contributed by atoms with Gasteiger partial charge in [0.1, 0.15) is 0 Å². The molecule has 0 unspecified atom stereocenters. The molecule has 0 atom stereocenters. The lowest BCUT2D eigenvalue weighted by Gasteiger charge is -2.32. The van der Waals surface area contributed by atoms with E-state index in [9.17, 15) is 0 Å². The molecule has 1 aromatic rings. The van der Waals surface area contributed by atoms with Crippen molar-refractivity contribution in [2.75, 3.05) is 0 Å². The molecule has 1 saturated heterocycles. The maximum atomic E-state index is 6.19. The van der Waals surface area contributed by atoms with Gasteiger partial charge in [-0.15, -0.1) is 0 Å². The normalized spacial score (nSPS) is 20.0. The van der Waals surface area contributed by atoms with E-state index in [1.165, 1.54) is 29.4 Å². The molecule has 1 aliphatic rings. The fraction of sp³-hybridized carbons (Fsp3) is 0.667. The molecule has 0 aromatic heterocycles. The number of rotatable bonds is 5. The second-order valence-corrected chi connectivity index (χ2v) is 7.17. The van der Waals surface area contributed by atoms with Crippen LogP contribution in [0.3, 0.4) is 0 Å². The van der Waals surface area contributed by atoms with E-state index in [0.29, 0.717) is 0 Å². The van der Waals surface area contributed by atoms with Crippen molar-refractivity contribution in [2.24, 2.45) is 0 Å². The summed E-state index contributed by atoms with van der Waals surface area (Å²) in [6.07, 6.45) is 4.56. The van der Waals surface area contributed by atoms with Gasteiger partial charge in [-0.1, -0.05) is 44.9 Å². The van der Waals surface area contributed by atoms with Crippen LogP contribution in [0.4, 0.5) is 0 Å². The Labute approximate surface area is 130 Å². The van der Waals surface area contributed by atoms with Crippen molar-refractivity contribution >= 4 is 12.6 Å². The maximum absolute atomic E-state index is 6.19. The van der Waals surface area contributed by atoms with Gasteiger partial charge >= 0.3 is 7.12 Å². The lowest BCUT2D eigenvalue weighted by molar-refractivity contribution is 0.00578. The predicted octanol–water partition coefficient (Wildman–Crippen LogP) is 3.89. The van der Waals surface area contributed by atoms with Gasteiger partial charge in [-0.2, -0.15) is 0 Å². The van der Waals surface area contributed by atoms with Crippen molar-refractivity contribution in [3.8, 4) is 0 Å². The van der Waals surface area contributed by atoms with Crippen LogP contribution in [0.1, 0.15) is 65.5 Å². The van der Waals surface area contributed by atoms with E-state index >= 15 is 0 Å². The fourth-order valence-corrected chi connectivity index (χ4v) is 2.77. The topological polar surface area (TPSA) is 18.5 Å². The predicted molar refractivity (Wildman–Crippen MR) is 90.1 cm³/mol. The van der Waals surface area contributed by atoms with Crippen molar-refractivity contribution in [2.45, 2.75) is 78.4 Å². The van der Waals surface area contributed by atoms with Crippen LogP contribution < -0.4 is 5.46 Å². The Bertz CT molecular complexity index is 454. The van der Waals surface area contributed by atoms with E-state index in [0.717, 1.165) is 12.8 Å². The Morgan fingerprint density at radius 3 is 1.62 bits per heavy atom. The van der Waals surface area contributed by atoms with Crippen molar-refractivity contribution < 1.29 is 9.31 Å². The molecule has 2 nitrogen and oxygen atoms in total. The minimum Gasteiger partial charge on any atom is -0.399 e. The first-order valence-corrected chi connectivity index (χ1v) is 8.27. The first-order valence-electron chi connectivity index (χ1n) is 8.27. The van der Waals surface area contributed by atoms with Crippen LogP contribution in [0, 0.1) is 0 Å². The maximum Gasteiger partial charge on any atom is 0.494 e. The Hall–Kier alpha value is -0.795. The minimum absolute atomic E-state index is 0.248. The summed E-state index contributed by atoms with van der Waals surface area (Å²) in [5.74, 6) is 0. The second-order valence-electron chi connectivity index (χ2n) is 7.17. The molecule has 1 aliphatic heterocycles. The van der Waals surface area contributed by atoms with Gasteiger partial charge < -0.3 is 9.31 Å². The van der Waals surface area contributed by atoms with E-state index in [2.05, 4.69) is 59.7 Å². The molecule has 0 radical (unpaired) electrons. The van der Waals surface area contributed by atoms with Crippen LogP contribution in [0.2, 0.25) is 0 Å². The molecule has 1 heterocycles. The molecule has 21 heavy (non-hydrogen) atoms. The standard InChI is InChI=1S/C18H29BO2/c1-7-9-14-11-15(10-8-2)13-16(12-14)19-20-17(3,4)18(5,6)21-19/h11-13H,7-10H2,1-6H3. The zero-order valence-corrected chi connectivity index (χ0v) is 14.5. The molecule has 0 amide bonds. The summed E-state index contributed by atoms with van der Waals surface area (Å²) in [5.41, 5.74) is 3.41. The molecular formula is C18H29BO2. The van der Waals surface area contributed by atoms with Crippen LogP contribution >= 0.6 is 0 Å². The number of benzene rings is 1. The SMILES string of the molecule is CCCc1cc(CCC)cc(B2OC(C)(C)C(C)(C)O2)c1. The average molecular weight is 288 g/mol. The highest BCUT2D eigenvalue weighted by atomic mass is 16.7. The average Bonchev–Trinajstić information content (AvgIpc) is 2.59. The summed E-state index contributed by atoms with van der Waals surface area (Å²) < 4.78 is 12.4. The Kier molecular flexibility index (Phi) is 4.84. The highest BCUT2D eigenvalue weighted by Gasteiger charge is 2.51. The molecule has 1 aromatic carbocycles. The summed E-state index contributed by atoms with van der Waals surface area (Å²) in [5, 5.41) is 0. The van der Waals surface area contributed by atoms with Crippen molar-refractivity contribution in [3.05, 3.63) is 29.3 Å². The highest BCUT2D eigenvalue weighted by molar-refractivity contribution is 6.62. The second kappa shape index (κ2) is 6.14. The lowest BCUT2D eigenvalue weighted by atomic mass is 9.77. The molecule has 2 rings (SSSR count). The van der Waals surface area contributed by atoms with Crippen LogP contribution in [0.15, 0.2) is 18.2 Å². The monoisotopic (exact) mass is 288 g/mol. The Morgan fingerprint density at radius 1 is 0.810 bits per heavy atom. The van der Waals surface area contributed by atoms with E-state index in [1.807, 2.05) is 0 Å². The van der Waals surface area contributed by atoms with Crippen molar-refractivity contribution in [1.82, 2.24) is 0 Å². The van der Waals surface area contributed by atoms with Gasteiger partial charge in [-0.05, 0) is 57.1 Å². The van der Waals surface area contributed by atoms with Gasteiger partial charge in [0.05, 0.1) is 11.2 Å². The first kappa shape index (κ1) is 16.6. The molecule has 0 N–H and O–H groups in total. The molecule has 116 valence electrons. The van der Waals surface area contributed by atoms with Gasteiger partial charge in [0.15, 0.2) is 0 Å². The zero-order valence-electron chi connectivity index (χ0n) is 14.5. The first-order chi connectivity index (χ1) is 9.79. The zero-order chi connectivity index (χ0) is 15.7. The minimum atomic E-state index is -0.274. The summed E-state index contributed by atoms with van der Waals surface area (Å²) in [6.45, 7) is 12.9. The quantitative estimate of drug-likeness (QED) is 0.765. The van der Waals surface area contributed by atoms with Crippen molar-refractivity contribution in [3.63, 3.8) is 0 Å². The van der Waals surface area contributed by atoms with Crippen LogP contribution in [0.25, 0.3) is 0 Å². The smallest absolute Gasteiger partial charge is 0.399 e. The summed E-state index contributed by atoms with van der Waals surface area (Å²) in [4.78, 5) is 0. The van der Waals surface area contributed by atoms with Gasteiger partial charge in [-0.3, -0.25) is 0 Å². The molecule has 0 spiro atoms. The lowest BCUT2D eigenvalue weighted by Crippen LogP contribution is -2.41. The van der Waals surface area contributed by atoms with Crippen LogP contribution in [0.5, 0.6) is 0 Å². The van der Waals surface area contributed by atoms with Crippen LogP contribution in [-0.4, -0.2) is 18.3 Å². The largest absolute Gasteiger partial charge is 0.494 e. The third-order valence-electron chi connectivity index (χ3n) is 4.68. The van der Waals surface area contributed by atoms with Crippen LogP contribution in [-0.2, 0) is 22.2 Å². The summed E-state index contributed by atoms with van der Waals surface area (Å²) in [6, 6.07) is 6.84. The third kappa shape index (κ3) is 3.52. The molecule has 0 aliphatic carbocycles. The van der Waals surface area contributed by atoms with Gasteiger partial charge in [0.2, 0.25) is 0 Å². The fourth-order valence-electron chi connectivity index (χ4n) is 2.77. The third-order valence-corrected chi connectivity index (χ3v) is 4.68. The van der Waals surface area contributed by atoms with E-state index in [-0.39, 0.29) is 18.3 Å². The van der Waals surface area contributed by atoms with Crippen molar-refractivity contribution in [1.29, 1.82) is 0 Å². The van der Waals surface area contributed by atoms with Gasteiger partial charge in [-0.25, -0.2) is 0 Å². The van der Waals surface area contributed by atoms with Gasteiger partial charge in [0, 0.05) is 0 Å². The number of hydrogen-bond donors (Lipinski definition) is 0. The summed E-state index contributed by atoms with van der Waals surface area (Å²) in [7, 11) is -0.248. The molecular weight excluding hydrogens is 259 g/mol. The van der Waals surface area contributed by atoms with E-state index < -0.39 is 0 Å². The molecule has 3 heteroatoms.